The van der Waals surface area contributed by atoms with E-state index in [1.165, 1.54) is 11.1 Å². The van der Waals surface area contributed by atoms with Crippen LogP contribution in [0, 0.1) is 0 Å². The second kappa shape index (κ2) is 7.66. The molecule has 5 nitrogen and oxygen atoms in total. The highest BCUT2D eigenvalue weighted by atomic mass is 16.5. The van der Waals surface area contributed by atoms with Crippen molar-refractivity contribution in [3.8, 4) is 23.0 Å². The van der Waals surface area contributed by atoms with Crippen LogP contribution in [0.25, 0.3) is 0 Å². The first-order chi connectivity index (χ1) is 12.2. The van der Waals surface area contributed by atoms with Crippen molar-refractivity contribution in [1.29, 1.82) is 0 Å². The molecule has 0 unspecified atom stereocenters. The third-order valence-electron chi connectivity index (χ3n) is 4.52. The Labute approximate surface area is 148 Å². The fraction of sp³-hybridized carbons (Fsp3) is 0.400. The van der Waals surface area contributed by atoms with Gasteiger partial charge in [-0.3, -0.25) is 0 Å². The zero-order chi connectivity index (χ0) is 17.8. The van der Waals surface area contributed by atoms with Crippen molar-refractivity contribution in [3.63, 3.8) is 0 Å². The maximum absolute atomic E-state index is 9.87. The molecule has 2 aromatic rings. The summed E-state index contributed by atoms with van der Waals surface area (Å²) in [5.74, 6) is 2.25. The first-order valence-corrected chi connectivity index (χ1v) is 8.80. The quantitative estimate of drug-likeness (QED) is 0.845. The molecule has 2 aromatic carbocycles. The van der Waals surface area contributed by atoms with Gasteiger partial charge in [0.15, 0.2) is 23.0 Å². The molecule has 1 heterocycles. The van der Waals surface area contributed by atoms with Gasteiger partial charge in [-0.25, -0.2) is 0 Å². The van der Waals surface area contributed by atoms with Gasteiger partial charge in [-0.2, -0.15) is 0 Å². The van der Waals surface area contributed by atoms with Crippen molar-refractivity contribution in [3.05, 3.63) is 47.0 Å². The average Bonchev–Trinajstić information content (AvgIpc) is 2.63. The fourth-order valence-corrected chi connectivity index (χ4v) is 3.40. The molecule has 0 aromatic heterocycles. The van der Waals surface area contributed by atoms with Crippen LogP contribution in [0.5, 0.6) is 23.0 Å². The van der Waals surface area contributed by atoms with Crippen LogP contribution in [-0.2, 0) is 6.42 Å². The first-order valence-electron chi connectivity index (χ1n) is 8.80. The van der Waals surface area contributed by atoms with Crippen LogP contribution in [0.2, 0.25) is 0 Å². The first kappa shape index (κ1) is 17.4. The van der Waals surface area contributed by atoms with Gasteiger partial charge in [0.25, 0.3) is 0 Å². The molecule has 0 radical (unpaired) electrons. The van der Waals surface area contributed by atoms with Crippen molar-refractivity contribution in [2.24, 2.45) is 0 Å². The molecule has 0 amide bonds. The van der Waals surface area contributed by atoms with Gasteiger partial charge < -0.3 is 24.6 Å². The van der Waals surface area contributed by atoms with Gasteiger partial charge in [-0.1, -0.05) is 0 Å². The molecule has 0 saturated heterocycles. The number of fused-ring (bicyclic) bond motifs is 1. The maximum Gasteiger partial charge on any atom is 0.161 e. The second-order valence-corrected chi connectivity index (χ2v) is 6.05. The molecule has 5 heteroatoms. The standard InChI is InChI=1S/C20H25NO4/c1-4-24-18-10-13-8-9-21-20(15(13)12-19(18)25-5-2)14-6-7-16(22)17(11-14)23-3/h6-7,10-12,20-22H,4-5,8-9H2,1-3H3/p+1/t20-/m0/s1. The third-order valence-corrected chi connectivity index (χ3v) is 4.52. The highest BCUT2D eigenvalue weighted by Gasteiger charge is 2.28. The van der Waals surface area contributed by atoms with Gasteiger partial charge in [0.1, 0.15) is 6.04 Å². The molecule has 3 N–H and O–H groups in total. The molecular weight excluding hydrogens is 318 g/mol. The number of hydrogen-bond acceptors (Lipinski definition) is 4. The van der Waals surface area contributed by atoms with Gasteiger partial charge in [0.05, 0.1) is 26.9 Å². The van der Waals surface area contributed by atoms with Crippen molar-refractivity contribution in [2.75, 3.05) is 26.9 Å². The second-order valence-electron chi connectivity index (χ2n) is 6.05. The van der Waals surface area contributed by atoms with E-state index in [-0.39, 0.29) is 11.8 Å². The summed E-state index contributed by atoms with van der Waals surface area (Å²) in [6.07, 6.45) is 0.994. The molecular formula is C20H26NO4+. The highest BCUT2D eigenvalue weighted by Crippen LogP contribution is 2.37. The van der Waals surface area contributed by atoms with Gasteiger partial charge in [-0.15, -0.1) is 0 Å². The molecule has 134 valence electrons. The van der Waals surface area contributed by atoms with E-state index in [1.54, 1.807) is 13.2 Å². The van der Waals surface area contributed by atoms with E-state index in [2.05, 4.69) is 17.4 Å². The van der Waals surface area contributed by atoms with Crippen molar-refractivity contribution >= 4 is 0 Å². The number of phenolic OH excluding ortho intramolecular Hbond substituents is 1. The van der Waals surface area contributed by atoms with E-state index >= 15 is 0 Å². The van der Waals surface area contributed by atoms with Gasteiger partial charge in [0, 0.05) is 17.5 Å². The summed E-state index contributed by atoms with van der Waals surface area (Å²) in [5, 5.41) is 12.2. The van der Waals surface area contributed by atoms with Crippen LogP contribution in [-0.4, -0.2) is 32.0 Å². The smallest absolute Gasteiger partial charge is 0.161 e. The van der Waals surface area contributed by atoms with Gasteiger partial charge in [0.2, 0.25) is 0 Å². The summed E-state index contributed by atoms with van der Waals surface area (Å²) in [4.78, 5) is 0. The van der Waals surface area contributed by atoms with E-state index in [1.807, 2.05) is 26.0 Å². The predicted octanol–water partition coefficient (Wildman–Crippen LogP) is 2.41. The lowest BCUT2D eigenvalue weighted by atomic mass is 9.89. The minimum Gasteiger partial charge on any atom is -0.504 e. The van der Waals surface area contributed by atoms with E-state index in [0.717, 1.165) is 30.0 Å². The molecule has 1 aliphatic heterocycles. The molecule has 0 fully saturated rings. The minimum absolute atomic E-state index is 0.146. The summed E-state index contributed by atoms with van der Waals surface area (Å²) in [6.45, 7) is 6.17. The molecule has 25 heavy (non-hydrogen) atoms. The lowest BCUT2D eigenvalue weighted by molar-refractivity contribution is -0.690. The van der Waals surface area contributed by atoms with E-state index in [4.69, 9.17) is 14.2 Å². The summed E-state index contributed by atoms with van der Waals surface area (Å²) < 4.78 is 16.8. The van der Waals surface area contributed by atoms with Crippen LogP contribution in [0.15, 0.2) is 30.3 Å². The third kappa shape index (κ3) is 3.51. The summed E-state index contributed by atoms with van der Waals surface area (Å²) in [7, 11) is 1.57. The number of methoxy groups -OCH3 is 1. The SMILES string of the molecule is CCOc1cc2c(cc1OCC)[C@H](c1ccc(O)c(OC)c1)[NH2+]CC2. The monoisotopic (exact) mass is 344 g/mol. The Morgan fingerprint density at radius 2 is 1.76 bits per heavy atom. The number of benzene rings is 2. The van der Waals surface area contributed by atoms with Crippen molar-refractivity contribution < 1.29 is 24.6 Å². The minimum atomic E-state index is 0.146. The van der Waals surface area contributed by atoms with E-state index < -0.39 is 0 Å². The van der Waals surface area contributed by atoms with Crippen LogP contribution in [0.1, 0.15) is 36.6 Å². The normalized spacial score (nSPS) is 16.2. The molecule has 3 rings (SSSR count). The number of phenols is 1. The van der Waals surface area contributed by atoms with Crippen LogP contribution < -0.4 is 19.5 Å². The number of quaternary nitrogens is 1. The molecule has 0 bridgehead atoms. The van der Waals surface area contributed by atoms with E-state index in [0.29, 0.717) is 19.0 Å². The Bertz CT molecular complexity index is 745. The zero-order valence-corrected chi connectivity index (χ0v) is 15.0. The number of nitrogens with two attached hydrogens (primary N) is 1. The number of aromatic hydroxyl groups is 1. The molecule has 0 saturated carbocycles. The summed E-state index contributed by atoms with van der Waals surface area (Å²) >= 11 is 0. The maximum atomic E-state index is 9.87. The number of rotatable bonds is 6. The molecule has 0 spiro atoms. The van der Waals surface area contributed by atoms with E-state index in [9.17, 15) is 5.11 Å². The Balaban J connectivity index is 2.04. The molecule has 0 aliphatic carbocycles. The summed E-state index contributed by atoms with van der Waals surface area (Å²) in [6, 6.07) is 9.90. The zero-order valence-electron chi connectivity index (χ0n) is 15.0. The lowest BCUT2D eigenvalue weighted by Gasteiger charge is -2.26. The van der Waals surface area contributed by atoms with Crippen molar-refractivity contribution in [1.82, 2.24) is 0 Å². The molecule has 1 atom stereocenters. The fourth-order valence-electron chi connectivity index (χ4n) is 3.40. The Kier molecular flexibility index (Phi) is 5.34. The van der Waals surface area contributed by atoms with Gasteiger partial charge >= 0.3 is 0 Å². The number of hydrogen-bond donors (Lipinski definition) is 2. The van der Waals surface area contributed by atoms with Crippen molar-refractivity contribution in [2.45, 2.75) is 26.3 Å². The predicted molar refractivity (Wildman–Crippen MR) is 95.8 cm³/mol. The van der Waals surface area contributed by atoms with Crippen LogP contribution in [0.3, 0.4) is 0 Å². The summed E-state index contributed by atoms with van der Waals surface area (Å²) in [5.41, 5.74) is 3.61. The Morgan fingerprint density at radius 1 is 1.04 bits per heavy atom. The number of ether oxygens (including phenoxy) is 3. The highest BCUT2D eigenvalue weighted by molar-refractivity contribution is 5.52. The Hall–Kier alpha value is -2.40. The Morgan fingerprint density at radius 3 is 2.44 bits per heavy atom. The molecule has 1 aliphatic rings. The topological polar surface area (TPSA) is 64.5 Å². The lowest BCUT2D eigenvalue weighted by Crippen LogP contribution is -2.87. The average molecular weight is 344 g/mol. The van der Waals surface area contributed by atoms with Crippen LogP contribution >= 0.6 is 0 Å². The van der Waals surface area contributed by atoms with Gasteiger partial charge in [-0.05, 0) is 49.7 Å². The van der Waals surface area contributed by atoms with Crippen LogP contribution in [0.4, 0.5) is 0 Å². The largest absolute Gasteiger partial charge is 0.504 e.